The molecule has 1 unspecified atom stereocenters. The fourth-order valence-corrected chi connectivity index (χ4v) is 3.77. The molecule has 2 aliphatic rings. The van der Waals surface area contributed by atoms with Crippen LogP contribution in [0.3, 0.4) is 0 Å². The number of aliphatic imine (C=N–C) groups is 1. The number of nitrogens with zero attached hydrogens (tertiary/aromatic N) is 2. The number of nitrogens with two attached hydrogens (primary N) is 1. The van der Waals surface area contributed by atoms with Crippen LogP contribution >= 0.6 is 0 Å². The van der Waals surface area contributed by atoms with Crippen molar-refractivity contribution in [2.75, 3.05) is 25.0 Å². The van der Waals surface area contributed by atoms with Crippen molar-refractivity contribution in [2.24, 2.45) is 16.6 Å². The highest BCUT2D eigenvalue weighted by molar-refractivity contribution is 5.92. The lowest BCUT2D eigenvalue weighted by atomic mass is 9.98. The van der Waals surface area contributed by atoms with Gasteiger partial charge in [-0.25, -0.2) is 4.79 Å². The van der Waals surface area contributed by atoms with E-state index in [2.05, 4.69) is 28.5 Å². The Labute approximate surface area is 162 Å². The van der Waals surface area contributed by atoms with Crippen molar-refractivity contribution in [3.63, 3.8) is 0 Å². The van der Waals surface area contributed by atoms with Crippen molar-refractivity contribution in [1.29, 1.82) is 0 Å². The summed E-state index contributed by atoms with van der Waals surface area (Å²) >= 11 is 0. The van der Waals surface area contributed by atoms with E-state index < -0.39 is 5.60 Å². The number of anilines is 1. The lowest BCUT2D eigenvalue weighted by molar-refractivity contribution is 0.0171. The number of benzene rings is 1. The van der Waals surface area contributed by atoms with Crippen LogP contribution < -0.4 is 11.1 Å². The van der Waals surface area contributed by atoms with Gasteiger partial charge >= 0.3 is 6.09 Å². The molecule has 1 saturated heterocycles. The largest absolute Gasteiger partial charge is 0.444 e. The van der Waals surface area contributed by atoms with Crippen molar-refractivity contribution < 1.29 is 9.53 Å². The number of hydrogen-bond acceptors (Lipinski definition) is 3. The van der Waals surface area contributed by atoms with E-state index in [0.717, 1.165) is 31.5 Å². The highest BCUT2D eigenvalue weighted by Gasteiger charge is 2.27. The summed E-state index contributed by atoms with van der Waals surface area (Å²) in [5, 5.41) is 3.20. The van der Waals surface area contributed by atoms with Crippen molar-refractivity contribution in [1.82, 2.24) is 4.90 Å². The minimum absolute atomic E-state index is 0.236. The first-order chi connectivity index (χ1) is 12.8. The number of likely N-dealkylation sites (tertiary alicyclic amines) is 1. The number of guanidine groups is 1. The molecule has 0 radical (unpaired) electrons. The molecule has 3 N–H and O–H groups in total. The summed E-state index contributed by atoms with van der Waals surface area (Å²) in [6, 6.07) is 6.42. The predicted octanol–water partition coefficient (Wildman–Crippen LogP) is 3.55. The Morgan fingerprint density at radius 2 is 2.07 bits per heavy atom. The summed E-state index contributed by atoms with van der Waals surface area (Å²) in [6.07, 6.45) is 5.34. The van der Waals surface area contributed by atoms with E-state index in [1.807, 2.05) is 20.8 Å². The Bertz CT molecular complexity index is 709. The summed E-state index contributed by atoms with van der Waals surface area (Å²) in [5.41, 5.74) is 9.46. The van der Waals surface area contributed by atoms with Crippen LogP contribution in [0.4, 0.5) is 10.5 Å². The lowest BCUT2D eigenvalue weighted by Gasteiger charge is -2.33. The fraction of sp³-hybridized carbons (Fsp3) is 0.619. The van der Waals surface area contributed by atoms with Crippen LogP contribution in [0, 0.1) is 5.92 Å². The quantitative estimate of drug-likeness (QED) is 0.628. The molecule has 1 aromatic carbocycles. The molecule has 1 aliphatic heterocycles. The molecule has 148 valence electrons. The average molecular weight is 373 g/mol. The Balaban J connectivity index is 1.51. The van der Waals surface area contributed by atoms with Gasteiger partial charge in [0.1, 0.15) is 5.60 Å². The second kappa shape index (κ2) is 8.19. The molecular formula is C21H32N4O2. The van der Waals surface area contributed by atoms with Gasteiger partial charge in [0.05, 0.1) is 0 Å². The third-order valence-corrected chi connectivity index (χ3v) is 5.06. The zero-order valence-corrected chi connectivity index (χ0v) is 16.8. The van der Waals surface area contributed by atoms with Gasteiger partial charge in [-0.1, -0.05) is 6.07 Å². The Morgan fingerprint density at radius 1 is 1.30 bits per heavy atom. The molecule has 1 fully saturated rings. The van der Waals surface area contributed by atoms with Crippen LogP contribution in [0.25, 0.3) is 0 Å². The number of carbonyl (C=O) groups is 1. The summed E-state index contributed by atoms with van der Waals surface area (Å²) in [5.74, 6) is 0.744. The SMILES string of the molecule is CC(C)(C)OC(=O)N1CCCC(CN=C(N)Nc2ccc3c(c2)CCC3)C1. The number of carbonyl (C=O) groups excluding carboxylic acids is 1. The Kier molecular flexibility index (Phi) is 5.92. The van der Waals surface area contributed by atoms with Gasteiger partial charge in [0.25, 0.3) is 0 Å². The van der Waals surface area contributed by atoms with Gasteiger partial charge in [-0.15, -0.1) is 0 Å². The van der Waals surface area contributed by atoms with Gasteiger partial charge in [0.2, 0.25) is 0 Å². The molecule has 0 bridgehead atoms. The minimum atomic E-state index is -0.466. The topological polar surface area (TPSA) is 80.0 Å². The normalized spacial score (nSPS) is 20.3. The van der Waals surface area contributed by atoms with Crippen molar-refractivity contribution in [3.8, 4) is 0 Å². The maximum atomic E-state index is 12.3. The first-order valence-corrected chi connectivity index (χ1v) is 9.97. The number of hydrogen-bond donors (Lipinski definition) is 2. The maximum Gasteiger partial charge on any atom is 0.410 e. The van der Waals surface area contributed by atoms with Gasteiger partial charge < -0.3 is 20.7 Å². The molecule has 0 aromatic heterocycles. The van der Waals surface area contributed by atoms with Crippen LogP contribution in [0.2, 0.25) is 0 Å². The van der Waals surface area contributed by atoms with E-state index in [9.17, 15) is 4.79 Å². The molecule has 0 spiro atoms. The molecule has 1 atom stereocenters. The number of amides is 1. The van der Waals surface area contributed by atoms with Crippen molar-refractivity contribution in [2.45, 2.75) is 58.5 Å². The molecule has 6 nitrogen and oxygen atoms in total. The smallest absolute Gasteiger partial charge is 0.410 e. The zero-order valence-electron chi connectivity index (χ0n) is 16.8. The van der Waals surface area contributed by atoms with Crippen LogP contribution in [0.5, 0.6) is 0 Å². The van der Waals surface area contributed by atoms with E-state index in [0.29, 0.717) is 25.0 Å². The Morgan fingerprint density at radius 3 is 2.85 bits per heavy atom. The van der Waals surface area contributed by atoms with E-state index in [4.69, 9.17) is 10.5 Å². The third kappa shape index (κ3) is 5.62. The molecule has 0 saturated carbocycles. The van der Waals surface area contributed by atoms with Crippen LogP contribution in [-0.2, 0) is 17.6 Å². The van der Waals surface area contributed by atoms with Gasteiger partial charge in [0, 0.05) is 25.3 Å². The molecule has 1 amide bonds. The minimum Gasteiger partial charge on any atom is -0.444 e. The lowest BCUT2D eigenvalue weighted by Crippen LogP contribution is -2.43. The summed E-state index contributed by atoms with van der Waals surface area (Å²) in [6.45, 7) is 7.71. The van der Waals surface area contributed by atoms with Crippen LogP contribution in [-0.4, -0.2) is 42.2 Å². The Hall–Kier alpha value is -2.24. The van der Waals surface area contributed by atoms with E-state index in [1.165, 1.54) is 24.0 Å². The average Bonchev–Trinajstić information content (AvgIpc) is 3.06. The van der Waals surface area contributed by atoms with Gasteiger partial charge in [-0.2, -0.15) is 0 Å². The molecule has 1 aromatic rings. The summed E-state index contributed by atoms with van der Waals surface area (Å²) in [4.78, 5) is 18.6. The molecular weight excluding hydrogens is 340 g/mol. The number of rotatable bonds is 3. The van der Waals surface area contributed by atoms with Crippen molar-refractivity contribution in [3.05, 3.63) is 29.3 Å². The van der Waals surface area contributed by atoms with Gasteiger partial charge in [0.15, 0.2) is 5.96 Å². The van der Waals surface area contributed by atoms with E-state index in [1.54, 1.807) is 4.90 Å². The number of fused-ring (bicyclic) bond motifs is 1. The van der Waals surface area contributed by atoms with E-state index in [-0.39, 0.29) is 6.09 Å². The number of piperidine rings is 1. The van der Waals surface area contributed by atoms with Crippen LogP contribution in [0.1, 0.15) is 51.2 Å². The number of ether oxygens (including phenoxy) is 1. The van der Waals surface area contributed by atoms with Gasteiger partial charge in [-0.05, 0) is 82.1 Å². The highest BCUT2D eigenvalue weighted by Crippen LogP contribution is 2.25. The van der Waals surface area contributed by atoms with Crippen molar-refractivity contribution >= 4 is 17.7 Å². The number of aryl methyl sites for hydroxylation is 2. The molecule has 1 aliphatic carbocycles. The van der Waals surface area contributed by atoms with E-state index >= 15 is 0 Å². The second-order valence-corrected chi connectivity index (χ2v) is 8.62. The second-order valence-electron chi connectivity index (χ2n) is 8.62. The van der Waals surface area contributed by atoms with Gasteiger partial charge in [-0.3, -0.25) is 4.99 Å². The molecule has 1 heterocycles. The standard InChI is InChI=1S/C21H32N4O2/c1-21(2,3)27-20(26)25-11-5-6-15(14-25)13-23-19(22)24-18-10-9-16-7-4-8-17(16)12-18/h9-10,12,15H,4-8,11,13-14H2,1-3H3,(H3,22,23,24). The number of nitrogens with one attached hydrogen (secondary N) is 1. The molecule has 27 heavy (non-hydrogen) atoms. The zero-order chi connectivity index (χ0) is 19.4. The molecule has 3 rings (SSSR count). The summed E-state index contributed by atoms with van der Waals surface area (Å²) < 4.78 is 5.48. The fourth-order valence-electron chi connectivity index (χ4n) is 3.77. The monoisotopic (exact) mass is 372 g/mol. The van der Waals surface area contributed by atoms with Crippen LogP contribution in [0.15, 0.2) is 23.2 Å². The first kappa shape index (κ1) is 19.5. The predicted molar refractivity (Wildman–Crippen MR) is 109 cm³/mol. The summed E-state index contributed by atoms with van der Waals surface area (Å²) in [7, 11) is 0. The highest BCUT2D eigenvalue weighted by atomic mass is 16.6. The third-order valence-electron chi connectivity index (χ3n) is 5.06. The maximum absolute atomic E-state index is 12.3. The molecule has 6 heteroatoms. The first-order valence-electron chi connectivity index (χ1n) is 9.97.